The predicted molar refractivity (Wildman–Crippen MR) is 112 cm³/mol. The smallest absolute Gasteiger partial charge is 0.323 e. The van der Waals surface area contributed by atoms with Crippen LogP contribution in [-0.2, 0) is 4.79 Å². The minimum atomic E-state index is -0.348. The molecule has 0 spiro atoms. The quantitative estimate of drug-likeness (QED) is 0.606. The summed E-state index contributed by atoms with van der Waals surface area (Å²) in [6, 6.07) is 13.6. The van der Waals surface area contributed by atoms with Crippen LogP contribution in [0.15, 0.2) is 48.5 Å². The van der Waals surface area contributed by atoms with Gasteiger partial charge >= 0.3 is 6.03 Å². The first-order chi connectivity index (χ1) is 12.6. The Balaban J connectivity index is 0.00000261. The van der Waals surface area contributed by atoms with Gasteiger partial charge in [0, 0.05) is 28.0 Å². The zero-order valence-corrected chi connectivity index (χ0v) is 16.2. The summed E-state index contributed by atoms with van der Waals surface area (Å²) in [6.45, 7) is 1.76. The van der Waals surface area contributed by atoms with E-state index in [0.29, 0.717) is 16.4 Å². The van der Waals surface area contributed by atoms with E-state index >= 15 is 0 Å². The molecule has 1 aliphatic heterocycles. The van der Waals surface area contributed by atoms with Gasteiger partial charge in [0.15, 0.2) is 0 Å². The Morgan fingerprint density at radius 3 is 1.78 bits per heavy atom. The topological polar surface area (TPSA) is 82.3 Å². The van der Waals surface area contributed by atoms with Crippen molar-refractivity contribution < 1.29 is 9.59 Å². The molecule has 8 heteroatoms. The van der Waals surface area contributed by atoms with Gasteiger partial charge in [-0.15, -0.1) is 12.4 Å². The number of nitrogens with one attached hydrogen (secondary N) is 4. The molecular weight excluding hydrogens is 387 g/mol. The number of hydrogen-bond donors (Lipinski definition) is 4. The number of urea groups is 1. The van der Waals surface area contributed by atoms with Crippen molar-refractivity contribution in [2.45, 2.75) is 12.8 Å². The number of halogens is 2. The summed E-state index contributed by atoms with van der Waals surface area (Å²) < 4.78 is 0. The van der Waals surface area contributed by atoms with Gasteiger partial charge in [-0.3, -0.25) is 4.79 Å². The van der Waals surface area contributed by atoms with Gasteiger partial charge in [-0.2, -0.15) is 0 Å². The first kappa shape index (κ1) is 21.0. The van der Waals surface area contributed by atoms with Gasteiger partial charge in [0.1, 0.15) is 0 Å². The molecule has 3 rings (SSSR count). The van der Waals surface area contributed by atoms with Crippen LogP contribution in [0.2, 0.25) is 5.02 Å². The molecule has 6 nitrogen and oxygen atoms in total. The van der Waals surface area contributed by atoms with Crippen molar-refractivity contribution in [3.8, 4) is 0 Å². The molecule has 0 radical (unpaired) electrons. The lowest BCUT2D eigenvalue weighted by molar-refractivity contribution is -0.120. The van der Waals surface area contributed by atoms with Crippen molar-refractivity contribution in [1.82, 2.24) is 5.32 Å². The molecule has 1 fully saturated rings. The number of piperidine rings is 1. The molecule has 2 aromatic rings. The highest BCUT2D eigenvalue weighted by Gasteiger charge is 2.20. The summed E-state index contributed by atoms with van der Waals surface area (Å²) in [5.41, 5.74) is 2.01. The Kier molecular flexibility index (Phi) is 7.91. The van der Waals surface area contributed by atoms with Gasteiger partial charge in [0.25, 0.3) is 0 Å². The molecule has 0 atom stereocenters. The van der Waals surface area contributed by atoms with E-state index in [1.54, 1.807) is 48.5 Å². The molecule has 0 saturated carbocycles. The zero-order valence-electron chi connectivity index (χ0n) is 14.6. The Morgan fingerprint density at radius 2 is 1.26 bits per heavy atom. The molecular formula is C19H22Cl2N4O2. The van der Waals surface area contributed by atoms with Crippen LogP contribution in [0.3, 0.4) is 0 Å². The van der Waals surface area contributed by atoms with Gasteiger partial charge in [-0.25, -0.2) is 4.79 Å². The molecule has 0 unspecified atom stereocenters. The maximum Gasteiger partial charge on any atom is 0.323 e. The largest absolute Gasteiger partial charge is 0.326 e. The second-order valence-electron chi connectivity index (χ2n) is 6.18. The van der Waals surface area contributed by atoms with E-state index < -0.39 is 0 Å². The lowest BCUT2D eigenvalue weighted by Crippen LogP contribution is -2.34. The number of anilines is 3. The van der Waals surface area contributed by atoms with Crippen LogP contribution < -0.4 is 21.3 Å². The highest BCUT2D eigenvalue weighted by Crippen LogP contribution is 2.18. The average molecular weight is 409 g/mol. The van der Waals surface area contributed by atoms with Crippen LogP contribution in [-0.4, -0.2) is 25.0 Å². The molecule has 0 bridgehead atoms. The monoisotopic (exact) mass is 408 g/mol. The van der Waals surface area contributed by atoms with Gasteiger partial charge in [0.2, 0.25) is 5.91 Å². The van der Waals surface area contributed by atoms with Gasteiger partial charge < -0.3 is 21.3 Å². The summed E-state index contributed by atoms with van der Waals surface area (Å²) in [7, 11) is 0. The van der Waals surface area contributed by atoms with Crippen molar-refractivity contribution in [2.24, 2.45) is 5.92 Å². The minimum absolute atomic E-state index is 0. The number of carbonyl (C=O) groups is 2. The molecule has 3 amide bonds. The maximum absolute atomic E-state index is 12.2. The van der Waals surface area contributed by atoms with Crippen molar-refractivity contribution in [3.05, 3.63) is 53.6 Å². The van der Waals surface area contributed by atoms with Gasteiger partial charge in [-0.1, -0.05) is 11.6 Å². The number of amides is 3. The van der Waals surface area contributed by atoms with E-state index in [9.17, 15) is 9.59 Å². The summed E-state index contributed by atoms with van der Waals surface area (Å²) in [5, 5.41) is 12.3. The van der Waals surface area contributed by atoms with E-state index in [-0.39, 0.29) is 30.3 Å². The van der Waals surface area contributed by atoms with Crippen LogP contribution in [0.4, 0.5) is 21.9 Å². The average Bonchev–Trinajstić information content (AvgIpc) is 2.66. The fourth-order valence-corrected chi connectivity index (χ4v) is 2.92. The minimum Gasteiger partial charge on any atom is -0.326 e. The lowest BCUT2D eigenvalue weighted by Gasteiger charge is -2.21. The Morgan fingerprint density at radius 1 is 0.815 bits per heavy atom. The van der Waals surface area contributed by atoms with E-state index in [4.69, 9.17) is 11.6 Å². The second kappa shape index (κ2) is 10.2. The van der Waals surface area contributed by atoms with Crippen molar-refractivity contribution in [1.29, 1.82) is 0 Å². The third-order valence-electron chi connectivity index (χ3n) is 4.22. The SMILES string of the molecule is Cl.O=C(Nc1ccc(Cl)cc1)Nc1ccc(NC(=O)C2CCNCC2)cc1. The van der Waals surface area contributed by atoms with Crippen LogP contribution >= 0.6 is 24.0 Å². The van der Waals surface area contributed by atoms with Crippen LogP contribution in [0.5, 0.6) is 0 Å². The fourth-order valence-electron chi connectivity index (χ4n) is 2.79. The fraction of sp³-hybridized carbons (Fsp3) is 0.263. The van der Waals surface area contributed by atoms with Crippen LogP contribution in [0.25, 0.3) is 0 Å². The number of rotatable bonds is 4. The molecule has 144 valence electrons. The molecule has 1 aliphatic rings. The third-order valence-corrected chi connectivity index (χ3v) is 4.47. The molecule has 4 N–H and O–H groups in total. The van der Waals surface area contributed by atoms with Gasteiger partial charge in [-0.05, 0) is 74.5 Å². The van der Waals surface area contributed by atoms with E-state index in [1.807, 2.05) is 0 Å². The zero-order chi connectivity index (χ0) is 18.4. The summed E-state index contributed by atoms with van der Waals surface area (Å²) in [6.07, 6.45) is 1.71. The first-order valence-electron chi connectivity index (χ1n) is 8.55. The van der Waals surface area contributed by atoms with Gasteiger partial charge in [0.05, 0.1) is 0 Å². The Bertz CT molecular complexity index is 760. The number of benzene rings is 2. The maximum atomic E-state index is 12.2. The molecule has 2 aromatic carbocycles. The summed E-state index contributed by atoms with van der Waals surface area (Å²) >= 11 is 5.82. The van der Waals surface area contributed by atoms with E-state index in [2.05, 4.69) is 21.3 Å². The lowest BCUT2D eigenvalue weighted by atomic mass is 9.97. The normalized spacial score (nSPS) is 14.0. The highest BCUT2D eigenvalue weighted by atomic mass is 35.5. The number of hydrogen-bond acceptors (Lipinski definition) is 3. The predicted octanol–water partition coefficient (Wildman–Crippen LogP) is 4.34. The van der Waals surface area contributed by atoms with E-state index in [1.165, 1.54) is 0 Å². The number of carbonyl (C=O) groups excluding carboxylic acids is 2. The van der Waals surface area contributed by atoms with Crippen LogP contribution in [0, 0.1) is 5.92 Å². The Labute approximate surface area is 169 Å². The molecule has 0 aliphatic carbocycles. The Hall–Kier alpha value is -2.28. The molecule has 27 heavy (non-hydrogen) atoms. The highest BCUT2D eigenvalue weighted by molar-refractivity contribution is 6.30. The summed E-state index contributed by atoms with van der Waals surface area (Å²) in [4.78, 5) is 24.2. The molecule has 1 saturated heterocycles. The standard InChI is InChI=1S/C19H21ClN4O2.ClH/c20-14-1-3-16(4-2-14)23-19(26)24-17-7-5-15(6-8-17)22-18(25)13-9-11-21-12-10-13;/h1-8,13,21H,9-12H2,(H,22,25)(H2,23,24,26);1H. The first-order valence-corrected chi connectivity index (χ1v) is 8.93. The molecule has 0 aromatic heterocycles. The van der Waals surface area contributed by atoms with Crippen molar-refractivity contribution in [3.63, 3.8) is 0 Å². The summed E-state index contributed by atoms with van der Waals surface area (Å²) in [5.74, 6) is 0.104. The second-order valence-corrected chi connectivity index (χ2v) is 6.61. The van der Waals surface area contributed by atoms with E-state index in [0.717, 1.165) is 31.6 Å². The molecule has 1 heterocycles. The van der Waals surface area contributed by atoms with Crippen molar-refractivity contribution in [2.75, 3.05) is 29.0 Å². The third kappa shape index (κ3) is 6.43. The van der Waals surface area contributed by atoms with Crippen molar-refractivity contribution >= 4 is 53.0 Å². The van der Waals surface area contributed by atoms with Crippen LogP contribution in [0.1, 0.15) is 12.8 Å².